The van der Waals surface area contributed by atoms with Crippen molar-refractivity contribution in [1.82, 2.24) is 5.32 Å². The zero-order chi connectivity index (χ0) is 12.9. The van der Waals surface area contributed by atoms with E-state index in [1.807, 2.05) is 0 Å². The standard InChI is InChI=1S/C11H13NO4S.Na/c1-2-11(13)12-10(8-17(14,15)16)9-6-4-3-5-7-9;/h2-7,10H,1,8H2,(H,12,13)(H,14,15,16);/q;+1/p-1. The number of hydrogen-bond acceptors (Lipinski definition) is 4. The molecule has 0 saturated heterocycles. The Hall–Kier alpha value is -0.660. The summed E-state index contributed by atoms with van der Waals surface area (Å²) in [5.74, 6) is -1.21. The summed E-state index contributed by atoms with van der Waals surface area (Å²) < 4.78 is 32.3. The smallest absolute Gasteiger partial charge is 0.748 e. The van der Waals surface area contributed by atoms with Gasteiger partial charge in [-0.15, -0.1) is 0 Å². The van der Waals surface area contributed by atoms with Crippen molar-refractivity contribution in [2.45, 2.75) is 6.04 Å². The molecule has 1 aromatic rings. The SMILES string of the molecule is C=CC(=O)NC(CS(=O)(=O)[O-])c1ccccc1.[Na+]. The van der Waals surface area contributed by atoms with Crippen molar-refractivity contribution in [3.05, 3.63) is 48.6 Å². The van der Waals surface area contributed by atoms with Gasteiger partial charge < -0.3 is 9.87 Å². The topological polar surface area (TPSA) is 86.3 Å². The molecule has 0 fully saturated rings. The second kappa shape index (κ2) is 7.70. The molecule has 0 heterocycles. The van der Waals surface area contributed by atoms with Crippen LogP contribution in [0.5, 0.6) is 0 Å². The molecule has 7 heteroatoms. The van der Waals surface area contributed by atoms with Crippen LogP contribution in [0, 0.1) is 0 Å². The predicted molar refractivity (Wildman–Crippen MR) is 62.1 cm³/mol. The third-order valence-corrected chi connectivity index (χ3v) is 2.82. The summed E-state index contributed by atoms with van der Waals surface area (Å²) in [5, 5.41) is 2.40. The van der Waals surface area contributed by atoms with Gasteiger partial charge in [0.15, 0.2) is 0 Å². The zero-order valence-corrected chi connectivity index (χ0v) is 12.8. The molecule has 1 unspecified atom stereocenters. The van der Waals surface area contributed by atoms with E-state index in [1.54, 1.807) is 30.3 Å². The summed E-state index contributed by atoms with van der Waals surface area (Å²) >= 11 is 0. The Kier molecular flexibility index (Phi) is 7.42. The number of hydrogen-bond donors (Lipinski definition) is 1. The number of nitrogens with one attached hydrogen (secondary N) is 1. The maximum Gasteiger partial charge on any atom is 1.00 e. The van der Waals surface area contributed by atoms with E-state index >= 15 is 0 Å². The minimum absolute atomic E-state index is 0. The molecule has 0 radical (unpaired) electrons. The number of benzene rings is 1. The number of carbonyl (C=O) groups excluding carboxylic acids is 1. The molecule has 92 valence electrons. The number of carbonyl (C=O) groups is 1. The van der Waals surface area contributed by atoms with Gasteiger partial charge in [-0.25, -0.2) is 8.42 Å². The van der Waals surface area contributed by atoms with Gasteiger partial charge in [0.1, 0.15) is 0 Å². The Morgan fingerprint density at radius 1 is 1.39 bits per heavy atom. The van der Waals surface area contributed by atoms with Gasteiger partial charge in [-0.2, -0.15) is 0 Å². The van der Waals surface area contributed by atoms with E-state index in [9.17, 15) is 17.8 Å². The van der Waals surface area contributed by atoms with Crippen LogP contribution in [0.25, 0.3) is 0 Å². The fraction of sp³-hybridized carbons (Fsp3) is 0.182. The first kappa shape index (κ1) is 17.3. The number of rotatable bonds is 5. The van der Waals surface area contributed by atoms with Crippen LogP contribution in [0.2, 0.25) is 0 Å². The van der Waals surface area contributed by atoms with Crippen molar-refractivity contribution in [2.75, 3.05) is 5.75 Å². The van der Waals surface area contributed by atoms with Crippen molar-refractivity contribution >= 4 is 16.0 Å². The second-order valence-electron chi connectivity index (χ2n) is 3.40. The molecule has 1 amide bonds. The van der Waals surface area contributed by atoms with Crippen molar-refractivity contribution < 1.29 is 47.3 Å². The fourth-order valence-corrected chi connectivity index (χ4v) is 2.03. The Balaban J connectivity index is 0.00000289. The molecule has 0 aromatic heterocycles. The summed E-state index contributed by atoms with van der Waals surface area (Å²) in [5.41, 5.74) is 0.558. The van der Waals surface area contributed by atoms with Crippen LogP contribution < -0.4 is 34.9 Å². The molecule has 0 aliphatic rings. The fourth-order valence-electron chi connectivity index (χ4n) is 1.34. The van der Waals surface area contributed by atoms with Gasteiger partial charge in [0.05, 0.1) is 21.9 Å². The largest absolute Gasteiger partial charge is 1.00 e. The molecule has 5 nitrogen and oxygen atoms in total. The van der Waals surface area contributed by atoms with Gasteiger partial charge in [-0.1, -0.05) is 36.9 Å². The van der Waals surface area contributed by atoms with Crippen LogP contribution in [-0.4, -0.2) is 24.6 Å². The first-order chi connectivity index (χ1) is 7.92. The summed E-state index contributed by atoms with van der Waals surface area (Å²) in [7, 11) is -4.42. The first-order valence-corrected chi connectivity index (χ1v) is 6.41. The van der Waals surface area contributed by atoms with E-state index in [0.717, 1.165) is 6.08 Å². The van der Waals surface area contributed by atoms with E-state index in [4.69, 9.17) is 0 Å². The van der Waals surface area contributed by atoms with Crippen molar-refractivity contribution in [3.8, 4) is 0 Å². The number of amides is 1. The van der Waals surface area contributed by atoms with Crippen LogP contribution in [0.4, 0.5) is 0 Å². The average Bonchev–Trinajstić information content (AvgIpc) is 2.27. The van der Waals surface area contributed by atoms with Crippen LogP contribution in [-0.2, 0) is 14.9 Å². The summed E-state index contributed by atoms with van der Waals surface area (Å²) in [6.45, 7) is 3.26. The van der Waals surface area contributed by atoms with Gasteiger partial charge in [0.2, 0.25) is 5.91 Å². The molecule has 18 heavy (non-hydrogen) atoms. The molecular formula is C11H12NNaO4S. The Morgan fingerprint density at radius 2 is 1.94 bits per heavy atom. The second-order valence-corrected chi connectivity index (χ2v) is 4.85. The first-order valence-electron chi connectivity index (χ1n) is 4.84. The molecular weight excluding hydrogens is 265 g/mol. The minimum atomic E-state index is -4.42. The summed E-state index contributed by atoms with van der Waals surface area (Å²) in [4.78, 5) is 11.2. The predicted octanol–water partition coefficient (Wildman–Crippen LogP) is -2.42. The Bertz CT molecular complexity index is 501. The molecule has 0 saturated carbocycles. The molecule has 1 atom stereocenters. The van der Waals surface area contributed by atoms with Gasteiger partial charge >= 0.3 is 29.6 Å². The van der Waals surface area contributed by atoms with Crippen LogP contribution in [0.3, 0.4) is 0 Å². The zero-order valence-electron chi connectivity index (χ0n) is 10.00. The van der Waals surface area contributed by atoms with Crippen molar-refractivity contribution in [2.24, 2.45) is 0 Å². The maximum absolute atomic E-state index is 11.2. The monoisotopic (exact) mass is 277 g/mol. The molecule has 1 N–H and O–H groups in total. The molecule has 0 aliphatic carbocycles. The van der Waals surface area contributed by atoms with Crippen molar-refractivity contribution in [1.29, 1.82) is 0 Å². The third-order valence-electron chi connectivity index (χ3n) is 2.07. The molecule has 1 aromatic carbocycles. The van der Waals surface area contributed by atoms with Crippen LogP contribution >= 0.6 is 0 Å². The summed E-state index contributed by atoms with van der Waals surface area (Å²) in [6.07, 6.45) is 1.02. The molecule has 0 aliphatic heterocycles. The van der Waals surface area contributed by atoms with Gasteiger partial charge in [-0.3, -0.25) is 4.79 Å². The van der Waals surface area contributed by atoms with E-state index in [1.165, 1.54) is 0 Å². The van der Waals surface area contributed by atoms with E-state index in [0.29, 0.717) is 5.56 Å². The Labute approximate surface area is 128 Å². The van der Waals surface area contributed by atoms with E-state index in [-0.39, 0.29) is 29.6 Å². The summed E-state index contributed by atoms with van der Waals surface area (Å²) in [6, 6.07) is 7.56. The van der Waals surface area contributed by atoms with Crippen LogP contribution in [0.15, 0.2) is 43.0 Å². The molecule has 0 bridgehead atoms. The normalized spacial score (nSPS) is 12.1. The maximum atomic E-state index is 11.2. The van der Waals surface area contributed by atoms with Crippen LogP contribution in [0.1, 0.15) is 11.6 Å². The Morgan fingerprint density at radius 3 is 2.39 bits per heavy atom. The average molecular weight is 277 g/mol. The molecule has 0 spiro atoms. The quantitative estimate of drug-likeness (QED) is 0.369. The van der Waals surface area contributed by atoms with Gasteiger partial charge in [0.25, 0.3) is 0 Å². The van der Waals surface area contributed by atoms with E-state index < -0.39 is 27.8 Å². The molecule has 1 rings (SSSR count). The minimum Gasteiger partial charge on any atom is -0.748 e. The van der Waals surface area contributed by atoms with E-state index in [2.05, 4.69) is 11.9 Å². The van der Waals surface area contributed by atoms with Gasteiger partial charge in [-0.05, 0) is 11.6 Å². The van der Waals surface area contributed by atoms with Gasteiger partial charge in [0, 0.05) is 0 Å². The third kappa shape index (κ3) is 6.32. The van der Waals surface area contributed by atoms with Crippen molar-refractivity contribution in [3.63, 3.8) is 0 Å².